The van der Waals surface area contributed by atoms with Crippen molar-refractivity contribution in [2.24, 2.45) is 10.8 Å². The van der Waals surface area contributed by atoms with E-state index in [9.17, 15) is 29.4 Å². The van der Waals surface area contributed by atoms with Crippen LogP contribution in [0.25, 0.3) is 11.3 Å². The van der Waals surface area contributed by atoms with Crippen molar-refractivity contribution in [3.63, 3.8) is 0 Å². The SMILES string of the molecule is COC(=O)N[C@H](C(=O)NN(/C=C(\O)[C@H](Cc1ccccc1)NC(=O)[C@@H](NC(=O)OC)C(C)(C)CO)Cc1ccc(-c2ccccn2)cc1)C(C)(C)C. The molecule has 0 spiro atoms. The fourth-order valence-corrected chi connectivity index (χ4v) is 5.15. The minimum Gasteiger partial charge on any atom is -0.509 e. The van der Waals surface area contributed by atoms with Gasteiger partial charge in [0.2, 0.25) is 5.91 Å². The second-order valence-electron chi connectivity index (χ2n) is 14.0. The number of aliphatic hydroxyl groups is 2. The molecule has 0 aliphatic rings. The summed E-state index contributed by atoms with van der Waals surface area (Å²) in [5, 5.41) is 31.0. The molecule has 1 aromatic heterocycles. The summed E-state index contributed by atoms with van der Waals surface area (Å²) >= 11 is 0. The zero-order valence-corrected chi connectivity index (χ0v) is 30.7. The predicted octanol–water partition coefficient (Wildman–Crippen LogP) is 4.22. The van der Waals surface area contributed by atoms with Crippen LogP contribution in [0.4, 0.5) is 9.59 Å². The topological polar surface area (TPSA) is 191 Å². The summed E-state index contributed by atoms with van der Waals surface area (Å²) in [5.74, 6) is -1.63. The van der Waals surface area contributed by atoms with Gasteiger partial charge < -0.3 is 35.6 Å². The number of pyridine rings is 1. The molecule has 6 N–H and O–H groups in total. The molecule has 0 saturated carbocycles. The van der Waals surface area contributed by atoms with E-state index in [1.807, 2.05) is 72.8 Å². The number of benzene rings is 2. The third kappa shape index (κ3) is 12.0. The second kappa shape index (κ2) is 18.6. The number of hydrogen-bond acceptors (Lipinski definition) is 10. The molecule has 14 nitrogen and oxygen atoms in total. The van der Waals surface area contributed by atoms with Crippen molar-refractivity contribution in [1.29, 1.82) is 0 Å². The van der Waals surface area contributed by atoms with Gasteiger partial charge in [-0.05, 0) is 35.1 Å². The molecule has 3 aromatic rings. The molecule has 2 aromatic carbocycles. The molecule has 0 aliphatic heterocycles. The van der Waals surface area contributed by atoms with Crippen LogP contribution in [-0.4, -0.2) is 83.2 Å². The maximum Gasteiger partial charge on any atom is 0.407 e. The van der Waals surface area contributed by atoms with E-state index in [0.29, 0.717) is 0 Å². The van der Waals surface area contributed by atoms with E-state index in [-0.39, 0.29) is 18.7 Å². The van der Waals surface area contributed by atoms with Gasteiger partial charge in [-0.25, -0.2) is 9.59 Å². The molecule has 52 heavy (non-hydrogen) atoms. The van der Waals surface area contributed by atoms with E-state index in [1.165, 1.54) is 18.3 Å². The summed E-state index contributed by atoms with van der Waals surface area (Å²) < 4.78 is 9.47. The number of ether oxygens (including phenoxy) is 2. The number of aromatic nitrogens is 1. The monoisotopic (exact) mass is 718 g/mol. The van der Waals surface area contributed by atoms with Gasteiger partial charge in [-0.2, -0.15) is 0 Å². The van der Waals surface area contributed by atoms with Crippen molar-refractivity contribution in [1.82, 2.24) is 31.4 Å². The molecule has 0 fully saturated rings. The highest BCUT2D eigenvalue weighted by atomic mass is 16.5. The minimum absolute atomic E-state index is 0.0590. The van der Waals surface area contributed by atoms with Crippen LogP contribution in [0, 0.1) is 10.8 Å². The Balaban J connectivity index is 2.04. The Bertz CT molecular complexity index is 1660. The number of carbonyl (C=O) groups excluding carboxylic acids is 4. The number of carbonyl (C=O) groups is 4. The normalized spacial score (nSPS) is 13.5. The van der Waals surface area contributed by atoms with Gasteiger partial charge in [0.15, 0.2) is 0 Å². The van der Waals surface area contributed by atoms with Crippen molar-refractivity contribution in [3.8, 4) is 11.3 Å². The van der Waals surface area contributed by atoms with Gasteiger partial charge in [-0.3, -0.25) is 25.0 Å². The summed E-state index contributed by atoms with van der Waals surface area (Å²) in [6.07, 6.45) is 1.44. The van der Waals surface area contributed by atoms with E-state index in [0.717, 1.165) is 29.5 Å². The molecular weight excluding hydrogens is 668 g/mol. The zero-order chi connectivity index (χ0) is 38.5. The Morgan fingerprint density at radius 3 is 1.92 bits per heavy atom. The second-order valence-corrected chi connectivity index (χ2v) is 14.0. The third-order valence-electron chi connectivity index (χ3n) is 8.24. The lowest BCUT2D eigenvalue weighted by atomic mass is 9.84. The number of nitrogens with zero attached hydrogens (tertiary/aromatic N) is 2. The van der Waals surface area contributed by atoms with Crippen LogP contribution in [0.15, 0.2) is 91.0 Å². The lowest BCUT2D eigenvalue weighted by molar-refractivity contribution is -0.130. The largest absolute Gasteiger partial charge is 0.509 e. The number of alkyl carbamates (subject to hydrolysis) is 2. The number of nitrogens with one attached hydrogen (secondary N) is 4. The number of amides is 4. The molecule has 0 unspecified atom stereocenters. The molecule has 3 rings (SSSR count). The molecule has 4 amide bonds. The molecule has 0 aliphatic carbocycles. The lowest BCUT2D eigenvalue weighted by Crippen LogP contribution is -2.58. The fourth-order valence-electron chi connectivity index (χ4n) is 5.15. The Labute approximate surface area is 304 Å². The highest BCUT2D eigenvalue weighted by Crippen LogP contribution is 2.23. The van der Waals surface area contributed by atoms with E-state index in [1.54, 1.807) is 40.8 Å². The average molecular weight is 719 g/mol. The highest BCUT2D eigenvalue weighted by Gasteiger charge is 2.38. The fraction of sp³-hybridized carbons (Fsp3) is 0.395. The van der Waals surface area contributed by atoms with Gasteiger partial charge in [0.25, 0.3) is 5.91 Å². The van der Waals surface area contributed by atoms with Crippen molar-refractivity contribution in [2.75, 3.05) is 20.8 Å². The molecular formula is C38H50N6O8. The molecule has 3 atom stereocenters. The first kappa shape index (κ1) is 40.8. The van der Waals surface area contributed by atoms with Gasteiger partial charge in [-0.1, -0.05) is 95.3 Å². The van der Waals surface area contributed by atoms with Crippen LogP contribution in [0.5, 0.6) is 0 Å². The maximum absolute atomic E-state index is 13.8. The Kier molecular flexibility index (Phi) is 14.6. The zero-order valence-electron chi connectivity index (χ0n) is 30.7. The summed E-state index contributed by atoms with van der Waals surface area (Å²) in [7, 11) is 2.35. The standard InChI is InChI=1S/C38H50N6O8/c1-37(2,3)31(41-35(49)51-6)34(48)43-44(22-26-16-18-27(19-17-26)28-15-11-12-20-39-28)23-30(46)29(21-25-13-9-8-10-14-25)40-33(47)32(38(4,5)24-45)42-36(50)52-7/h8-20,23,29,31-32,45-46H,21-22,24H2,1-7H3,(H,40,47)(H,41,49)(H,42,50)(H,43,48)/b30-23-/t29-,31+,32+/m0/s1. The molecule has 280 valence electrons. The van der Waals surface area contributed by atoms with E-state index in [2.05, 4.69) is 26.4 Å². The smallest absolute Gasteiger partial charge is 0.407 e. The van der Waals surface area contributed by atoms with Gasteiger partial charge >= 0.3 is 12.2 Å². The summed E-state index contributed by atoms with van der Waals surface area (Å²) in [6, 6.07) is 18.8. The average Bonchev–Trinajstić information content (AvgIpc) is 3.12. The van der Waals surface area contributed by atoms with Crippen molar-refractivity contribution >= 4 is 24.0 Å². The molecule has 1 heterocycles. The van der Waals surface area contributed by atoms with Crippen LogP contribution >= 0.6 is 0 Å². The van der Waals surface area contributed by atoms with E-state index >= 15 is 0 Å². The first-order valence-corrected chi connectivity index (χ1v) is 16.7. The quantitative estimate of drug-likeness (QED) is 0.0980. The van der Waals surface area contributed by atoms with Gasteiger partial charge in [0, 0.05) is 17.2 Å². The van der Waals surface area contributed by atoms with Crippen LogP contribution in [0.3, 0.4) is 0 Å². The first-order chi connectivity index (χ1) is 24.6. The summed E-state index contributed by atoms with van der Waals surface area (Å²) in [6.45, 7) is 8.13. The Hall–Kier alpha value is -5.63. The van der Waals surface area contributed by atoms with Crippen molar-refractivity contribution < 1.29 is 38.9 Å². The van der Waals surface area contributed by atoms with Crippen molar-refractivity contribution in [2.45, 2.75) is 65.7 Å². The van der Waals surface area contributed by atoms with Gasteiger partial charge in [0.05, 0.1) is 45.3 Å². The molecule has 0 radical (unpaired) electrons. The van der Waals surface area contributed by atoms with Gasteiger partial charge in [-0.15, -0.1) is 0 Å². The van der Waals surface area contributed by atoms with Crippen molar-refractivity contribution in [3.05, 3.63) is 102 Å². The lowest BCUT2D eigenvalue weighted by Gasteiger charge is -2.34. The third-order valence-corrected chi connectivity index (χ3v) is 8.24. The minimum atomic E-state index is -1.25. The molecule has 0 saturated heterocycles. The Morgan fingerprint density at radius 2 is 1.38 bits per heavy atom. The number of aliphatic hydroxyl groups excluding tert-OH is 2. The number of hydrogen-bond donors (Lipinski definition) is 6. The first-order valence-electron chi connectivity index (χ1n) is 16.7. The van der Waals surface area contributed by atoms with Crippen LogP contribution in [0.2, 0.25) is 0 Å². The Morgan fingerprint density at radius 1 is 0.788 bits per heavy atom. The summed E-state index contributed by atoms with van der Waals surface area (Å²) in [5.41, 5.74) is 4.10. The predicted molar refractivity (Wildman–Crippen MR) is 195 cm³/mol. The maximum atomic E-state index is 13.8. The van der Waals surface area contributed by atoms with E-state index < -0.39 is 59.6 Å². The highest BCUT2D eigenvalue weighted by molar-refractivity contribution is 5.87. The van der Waals surface area contributed by atoms with Crippen LogP contribution in [-0.2, 0) is 32.0 Å². The van der Waals surface area contributed by atoms with Crippen LogP contribution in [0.1, 0.15) is 45.7 Å². The number of rotatable bonds is 15. The van der Waals surface area contributed by atoms with E-state index in [4.69, 9.17) is 9.47 Å². The van der Waals surface area contributed by atoms with Gasteiger partial charge in [0.1, 0.15) is 17.8 Å². The molecule has 0 bridgehead atoms. The molecule has 14 heteroatoms. The van der Waals surface area contributed by atoms with Crippen LogP contribution < -0.4 is 21.4 Å². The number of hydrazine groups is 1. The number of methoxy groups -OCH3 is 2. The summed E-state index contributed by atoms with van der Waals surface area (Å²) in [4.78, 5) is 56.3.